The molecule has 1 fully saturated rings. The predicted octanol–water partition coefficient (Wildman–Crippen LogP) is 3.83. The first-order chi connectivity index (χ1) is 9.64. The summed E-state index contributed by atoms with van der Waals surface area (Å²) in [7, 11) is 0. The highest BCUT2D eigenvalue weighted by Gasteiger charge is 2.47. The van der Waals surface area contributed by atoms with Crippen molar-refractivity contribution in [2.24, 2.45) is 11.3 Å². The number of hydrogen-bond acceptors (Lipinski definition) is 2. The number of para-hydroxylation sites is 1. The molecule has 3 rings (SSSR count). The second kappa shape index (κ2) is 5.12. The van der Waals surface area contributed by atoms with E-state index in [2.05, 4.69) is 13.0 Å². The van der Waals surface area contributed by atoms with Crippen molar-refractivity contribution in [1.29, 1.82) is 0 Å². The van der Waals surface area contributed by atoms with Gasteiger partial charge in [-0.15, -0.1) is 0 Å². The monoisotopic (exact) mass is 274 g/mol. The van der Waals surface area contributed by atoms with Crippen molar-refractivity contribution >= 4 is 5.97 Å². The summed E-state index contributed by atoms with van der Waals surface area (Å²) in [6, 6.07) is 8.04. The van der Waals surface area contributed by atoms with Crippen molar-refractivity contribution in [2.75, 3.05) is 6.61 Å². The fraction of sp³-hybridized carbons (Fsp3) is 0.588. The molecule has 1 aromatic carbocycles. The van der Waals surface area contributed by atoms with Crippen molar-refractivity contribution in [1.82, 2.24) is 0 Å². The van der Waals surface area contributed by atoms with Crippen LogP contribution < -0.4 is 4.74 Å². The van der Waals surface area contributed by atoms with Crippen LogP contribution in [0.25, 0.3) is 0 Å². The van der Waals surface area contributed by atoms with Gasteiger partial charge in [0.25, 0.3) is 0 Å². The molecule has 3 nitrogen and oxygen atoms in total. The zero-order chi connectivity index (χ0) is 14.2. The maximum Gasteiger partial charge on any atom is 0.309 e. The lowest BCUT2D eigenvalue weighted by Gasteiger charge is -2.27. The average molecular weight is 274 g/mol. The third-order valence-corrected chi connectivity index (χ3v) is 5.18. The van der Waals surface area contributed by atoms with Gasteiger partial charge in [-0.1, -0.05) is 31.5 Å². The smallest absolute Gasteiger partial charge is 0.309 e. The molecule has 1 N–H and O–H groups in total. The van der Waals surface area contributed by atoms with E-state index >= 15 is 0 Å². The summed E-state index contributed by atoms with van der Waals surface area (Å²) in [6.45, 7) is 2.79. The van der Waals surface area contributed by atoms with E-state index in [-0.39, 0.29) is 5.92 Å². The quantitative estimate of drug-likeness (QED) is 0.907. The van der Waals surface area contributed by atoms with Crippen LogP contribution in [0.3, 0.4) is 0 Å². The van der Waals surface area contributed by atoms with E-state index < -0.39 is 11.4 Å². The summed E-state index contributed by atoms with van der Waals surface area (Å²) in [4.78, 5) is 11.8. The zero-order valence-corrected chi connectivity index (χ0v) is 12.0. The molecule has 1 heterocycles. The number of benzene rings is 1. The number of carbonyl (C=O) groups is 1. The van der Waals surface area contributed by atoms with Gasteiger partial charge in [0.1, 0.15) is 5.75 Å². The van der Waals surface area contributed by atoms with Crippen molar-refractivity contribution in [3.63, 3.8) is 0 Å². The molecule has 20 heavy (non-hydrogen) atoms. The highest BCUT2D eigenvalue weighted by molar-refractivity contribution is 5.75. The zero-order valence-electron chi connectivity index (χ0n) is 12.0. The van der Waals surface area contributed by atoms with Crippen molar-refractivity contribution in [3.8, 4) is 5.75 Å². The Morgan fingerprint density at radius 3 is 2.95 bits per heavy atom. The average Bonchev–Trinajstić information content (AvgIpc) is 3.05. The number of rotatable bonds is 4. The molecule has 3 unspecified atom stereocenters. The Kier molecular flexibility index (Phi) is 3.45. The van der Waals surface area contributed by atoms with E-state index in [0.29, 0.717) is 12.5 Å². The van der Waals surface area contributed by atoms with E-state index in [1.807, 2.05) is 18.2 Å². The fourth-order valence-electron chi connectivity index (χ4n) is 3.92. The molecule has 1 aromatic rings. The highest BCUT2D eigenvalue weighted by atomic mass is 16.5. The molecular formula is C17H22O3. The Labute approximate surface area is 120 Å². The van der Waals surface area contributed by atoms with Gasteiger partial charge in [0, 0.05) is 11.5 Å². The maximum atomic E-state index is 11.8. The first kappa shape index (κ1) is 13.5. The van der Waals surface area contributed by atoms with Crippen LogP contribution in [0.15, 0.2) is 24.3 Å². The van der Waals surface area contributed by atoms with Crippen LogP contribution in [-0.4, -0.2) is 17.7 Å². The topological polar surface area (TPSA) is 46.5 Å². The van der Waals surface area contributed by atoms with E-state index in [1.165, 1.54) is 5.56 Å². The molecular weight excluding hydrogens is 252 g/mol. The lowest BCUT2D eigenvalue weighted by molar-refractivity contribution is -0.149. The number of carboxylic acids is 1. The molecule has 3 atom stereocenters. The van der Waals surface area contributed by atoms with Crippen molar-refractivity contribution < 1.29 is 14.6 Å². The number of aliphatic carboxylic acids is 1. The van der Waals surface area contributed by atoms with Crippen molar-refractivity contribution in [2.45, 2.75) is 44.9 Å². The highest BCUT2D eigenvalue weighted by Crippen LogP contribution is 2.51. The normalized spacial score (nSPS) is 31.9. The summed E-state index contributed by atoms with van der Waals surface area (Å²) < 4.78 is 5.71. The summed E-state index contributed by atoms with van der Waals surface area (Å²) in [5, 5.41) is 9.74. The minimum atomic E-state index is -0.613. The van der Waals surface area contributed by atoms with Crippen LogP contribution >= 0.6 is 0 Å². The van der Waals surface area contributed by atoms with Gasteiger partial charge in [-0.25, -0.2) is 0 Å². The Morgan fingerprint density at radius 1 is 1.45 bits per heavy atom. The summed E-state index contributed by atoms with van der Waals surface area (Å²) >= 11 is 0. The molecule has 0 radical (unpaired) electrons. The van der Waals surface area contributed by atoms with E-state index in [0.717, 1.165) is 37.9 Å². The predicted molar refractivity (Wildman–Crippen MR) is 77.0 cm³/mol. The van der Waals surface area contributed by atoms with E-state index in [4.69, 9.17) is 4.74 Å². The Hall–Kier alpha value is -1.51. The second-order valence-corrected chi connectivity index (χ2v) is 6.35. The van der Waals surface area contributed by atoms with Crippen LogP contribution in [0.2, 0.25) is 0 Å². The van der Waals surface area contributed by atoms with Gasteiger partial charge in [-0.3, -0.25) is 4.79 Å². The standard InChI is InChI=1S/C17H22O3/c1-2-12-7-8-17(9-12,16(18)19)10-13-11-20-15-6-4-3-5-14(13)15/h3-6,12-13H,2,7-11H2,1H3,(H,18,19). The Bertz CT molecular complexity index is 511. The molecule has 1 saturated carbocycles. The Morgan fingerprint density at radius 2 is 2.25 bits per heavy atom. The lowest BCUT2D eigenvalue weighted by Crippen LogP contribution is -2.30. The van der Waals surface area contributed by atoms with E-state index in [9.17, 15) is 9.90 Å². The van der Waals surface area contributed by atoms with Gasteiger partial charge in [0.15, 0.2) is 0 Å². The van der Waals surface area contributed by atoms with Crippen LogP contribution in [0, 0.1) is 11.3 Å². The third-order valence-electron chi connectivity index (χ3n) is 5.18. The fourth-order valence-corrected chi connectivity index (χ4v) is 3.92. The molecule has 108 valence electrons. The molecule has 1 aliphatic carbocycles. The van der Waals surface area contributed by atoms with Crippen LogP contribution in [0.5, 0.6) is 5.75 Å². The largest absolute Gasteiger partial charge is 0.493 e. The molecule has 1 aliphatic heterocycles. The molecule has 0 amide bonds. The molecule has 0 saturated heterocycles. The van der Waals surface area contributed by atoms with Gasteiger partial charge in [0.05, 0.1) is 12.0 Å². The molecule has 0 aromatic heterocycles. The first-order valence-electron chi connectivity index (χ1n) is 7.60. The van der Waals surface area contributed by atoms with Gasteiger partial charge in [-0.2, -0.15) is 0 Å². The van der Waals surface area contributed by atoms with E-state index in [1.54, 1.807) is 0 Å². The minimum absolute atomic E-state index is 0.234. The summed E-state index contributed by atoms with van der Waals surface area (Å²) in [5.74, 6) is 1.13. The number of fused-ring (bicyclic) bond motifs is 1. The molecule has 0 bridgehead atoms. The SMILES string of the molecule is CCC1CCC(CC2COc3ccccc32)(C(=O)O)C1. The van der Waals surface area contributed by atoms with Gasteiger partial charge < -0.3 is 9.84 Å². The number of carboxylic acid groups (broad SMARTS) is 1. The molecule has 3 heteroatoms. The second-order valence-electron chi connectivity index (χ2n) is 6.35. The minimum Gasteiger partial charge on any atom is -0.493 e. The number of ether oxygens (including phenoxy) is 1. The molecule has 0 spiro atoms. The number of hydrogen-bond donors (Lipinski definition) is 1. The van der Waals surface area contributed by atoms with Crippen LogP contribution in [0.4, 0.5) is 0 Å². The summed E-state index contributed by atoms with van der Waals surface area (Å²) in [6.07, 6.45) is 4.51. The van der Waals surface area contributed by atoms with Crippen LogP contribution in [0.1, 0.15) is 50.5 Å². The van der Waals surface area contributed by atoms with Gasteiger partial charge in [0.2, 0.25) is 0 Å². The van der Waals surface area contributed by atoms with Gasteiger partial charge in [-0.05, 0) is 37.7 Å². The summed E-state index contributed by atoms with van der Waals surface area (Å²) in [5.41, 5.74) is 0.652. The Balaban J connectivity index is 1.81. The first-order valence-corrected chi connectivity index (χ1v) is 7.60. The lowest BCUT2D eigenvalue weighted by atomic mass is 9.75. The maximum absolute atomic E-state index is 11.8. The van der Waals surface area contributed by atoms with Crippen molar-refractivity contribution in [3.05, 3.63) is 29.8 Å². The third kappa shape index (κ3) is 2.19. The van der Waals surface area contributed by atoms with Crippen LogP contribution in [-0.2, 0) is 4.79 Å². The van der Waals surface area contributed by atoms with Gasteiger partial charge >= 0.3 is 5.97 Å². The molecule has 2 aliphatic rings.